The first-order valence-corrected chi connectivity index (χ1v) is 8.73. The second kappa shape index (κ2) is 8.18. The maximum atomic E-state index is 12.5. The van der Waals surface area contributed by atoms with E-state index in [1.54, 1.807) is 7.11 Å². The summed E-state index contributed by atoms with van der Waals surface area (Å²) < 4.78 is 42.6. The summed E-state index contributed by atoms with van der Waals surface area (Å²) in [5, 5.41) is 2.93. The van der Waals surface area contributed by atoms with Crippen LogP contribution in [0.4, 0.5) is 0 Å². The normalized spacial score (nSPS) is 15.4. The van der Waals surface area contributed by atoms with Crippen molar-refractivity contribution in [3.8, 4) is 11.5 Å². The van der Waals surface area contributed by atoms with Gasteiger partial charge in [0.1, 0.15) is 0 Å². The van der Waals surface area contributed by atoms with Gasteiger partial charge < -0.3 is 19.5 Å². The van der Waals surface area contributed by atoms with Gasteiger partial charge in [0.15, 0.2) is 11.5 Å². The summed E-state index contributed by atoms with van der Waals surface area (Å²) in [6.07, 6.45) is 0. The minimum Gasteiger partial charge on any atom is -0.493 e. The Kier molecular flexibility index (Phi) is 6.23. The van der Waals surface area contributed by atoms with E-state index in [0.717, 1.165) is 0 Å². The maximum Gasteiger partial charge on any atom is 0.264 e. The van der Waals surface area contributed by atoms with E-state index in [4.69, 9.17) is 14.2 Å². The monoisotopic (exact) mass is 358 g/mol. The molecule has 0 amide bonds. The summed E-state index contributed by atoms with van der Waals surface area (Å²) >= 11 is 0. The largest absolute Gasteiger partial charge is 0.493 e. The number of hydrogen-bond donors (Lipinski definition) is 2. The molecule has 1 heterocycles. The molecule has 0 radical (unpaired) electrons. The van der Waals surface area contributed by atoms with Gasteiger partial charge in [-0.3, -0.25) is 4.90 Å². The number of ether oxygens (including phenoxy) is 3. The van der Waals surface area contributed by atoms with Crippen LogP contribution in [0.15, 0.2) is 28.1 Å². The lowest BCUT2D eigenvalue weighted by atomic mass is 10.3. The molecule has 0 saturated heterocycles. The fourth-order valence-electron chi connectivity index (χ4n) is 2.07. The molecule has 1 aliphatic heterocycles. The summed E-state index contributed by atoms with van der Waals surface area (Å²) in [5.41, 5.74) is 0. The fraction of sp³-hybridized carbons (Fsp3) is 0.500. The molecule has 2 rings (SSSR count). The Morgan fingerprint density at radius 3 is 2.58 bits per heavy atom. The maximum absolute atomic E-state index is 12.5. The number of hydrogen-bond acceptors (Lipinski definition) is 8. The predicted molar refractivity (Wildman–Crippen MR) is 88.8 cm³/mol. The Hall–Kier alpha value is -2.04. The average Bonchev–Trinajstić information content (AvgIpc) is 2.60. The van der Waals surface area contributed by atoms with Gasteiger partial charge in [-0.05, 0) is 12.1 Å². The van der Waals surface area contributed by atoms with Crippen molar-refractivity contribution >= 4 is 16.0 Å². The first kappa shape index (κ1) is 18.3. The van der Waals surface area contributed by atoms with E-state index in [1.165, 1.54) is 32.4 Å². The van der Waals surface area contributed by atoms with Crippen LogP contribution in [0.5, 0.6) is 11.5 Å². The summed E-state index contributed by atoms with van der Waals surface area (Å²) in [6, 6.07) is 4.38. The predicted octanol–water partition coefficient (Wildman–Crippen LogP) is -0.195. The highest BCUT2D eigenvalue weighted by atomic mass is 32.2. The van der Waals surface area contributed by atoms with Crippen LogP contribution in [0.25, 0.3) is 0 Å². The standard InChI is InChI=1S/C14H22N4O5S/c1-21-7-6-18-9-15-14(16-10-18)17-24(19,20)11-4-5-12(22-2)13(8-11)23-3/h4-5,8H,6-7,9-10H2,1-3H3,(H2,15,16,17). The van der Waals surface area contributed by atoms with E-state index in [1.807, 2.05) is 4.90 Å². The van der Waals surface area contributed by atoms with Crippen molar-refractivity contribution in [3.05, 3.63) is 18.2 Å². The Labute approximate surface area is 141 Å². The number of aliphatic imine (C=N–C) groups is 1. The first-order valence-electron chi connectivity index (χ1n) is 7.24. The zero-order valence-electron chi connectivity index (χ0n) is 13.9. The zero-order valence-corrected chi connectivity index (χ0v) is 14.7. The van der Waals surface area contributed by atoms with E-state index >= 15 is 0 Å². The molecule has 134 valence electrons. The minimum absolute atomic E-state index is 0.0615. The highest BCUT2D eigenvalue weighted by Gasteiger charge is 2.21. The molecule has 10 heteroatoms. The molecule has 0 saturated carbocycles. The van der Waals surface area contributed by atoms with Crippen LogP contribution in [0.1, 0.15) is 0 Å². The quantitative estimate of drug-likeness (QED) is 0.696. The van der Waals surface area contributed by atoms with Crippen molar-refractivity contribution in [3.63, 3.8) is 0 Å². The van der Waals surface area contributed by atoms with Gasteiger partial charge in [-0.1, -0.05) is 0 Å². The van der Waals surface area contributed by atoms with Gasteiger partial charge in [0.25, 0.3) is 10.0 Å². The third-order valence-corrected chi connectivity index (χ3v) is 4.74. The Balaban J connectivity index is 2.08. The number of nitrogens with zero attached hydrogens (tertiary/aromatic N) is 2. The van der Waals surface area contributed by atoms with Crippen LogP contribution >= 0.6 is 0 Å². The molecule has 2 N–H and O–H groups in total. The van der Waals surface area contributed by atoms with Crippen LogP contribution in [-0.2, 0) is 14.8 Å². The number of rotatable bonds is 7. The molecular weight excluding hydrogens is 336 g/mol. The molecule has 0 fully saturated rings. The molecule has 24 heavy (non-hydrogen) atoms. The van der Waals surface area contributed by atoms with Crippen LogP contribution in [-0.4, -0.2) is 67.1 Å². The lowest BCUT2D eigenvalue weighted by Gasteiger charge is -2.26. The number of sulfonamides is 1. The molecule has 1 aromatic rings. The Morgan fingerprint density at radius 1 is 1.25 bits per heavy atom. The molecule has 9 nitrogen and oxygen atoms in total. The van der Waals surface area contributed by atoms with Gasteiger partial charge in [-0.15, -0.1) is 0 Å². The van der Waals surface area contributed by atoms with Crippen molar-refractivity contribution < 1.29 is 22.6 Å². The van der Waals surface area contributed by atoms with Gasteiger partial charge in [-0.2, -0.15) is 0 Å². The van der Waals surface area contributed by atoms with E-state index < -0.39 is 10.0 Å². The third kappa shape index (κ3) is 4.49. The lowest BCUT2D eigenvalue weighted by Crippen LogP contribution is -2.50. The van der Waals surface area contributed by atoms with Crippen LogP contribution in [0.2, 0.25) is 0 Å². The smallest absolute Gasteiger partial charge is 0.264 e. The Bertz CT molecular complexity index is 692. The lowest BCUT2D eigenvalue weighted by molar-refractivity contribution is 0.144. The van der Waals surface area contributed by atoms with E-state index in [2.05, 4.69) is 15.0 Å². The Morgan fingerprint density at radius 2 is 2.00 bits per heavy atom. The summed E-state index contributed by atoms with van der Waals surface area (Å²) in [5.74, 6) is 1.00. The summed E-state index contributed by atoms with van der Waals surface area (Å²) in [4.78, 5) is 6.23. The van der Waals surface area contributed by atoms with Gasteiger partial charge >= 0.3 is 0 Å². The third-order valence-electron chi connectivity index (χ3n) is 3.41. The molecular formula is C14H22N4O5S. The van der Waals surface area contributed by atoms with Crippen molar-refractivity contribution in [2.45, 2.75) is 4.90 Å². The van der Waals surface area contributed by atoms with Gasteiger partial charge in [0.05, 0.1) is 39.1 Å². The number of methoxy groups -OCH3 is 3. The van der Waals surface area contributed by atoms with Crippen molar-refractivity contribution in [2.75, 3.05) is 47.8 Å². The van der Waals surface area contributed by atoms with Crippen molar-refractivity contribution in [1.29, 1.82) is 0 Å². The SMILES string of the molecule is COCCN1CN=C(NS(=O)(=O)c2ccc(OC)c(OC)c2)NC1. The van der Waals surface area contributed by atoms with Crippen molar-refractivity contribution in [2.24, 2.45) is 4.99 Å². The highest BCUT2D eigenvalue weighted by Crippen LogP contribution is 2.29. The van der Waals surface area contributed by atoms with E-state index in [9.17, 15) is 8.42 Å². The molecule has 0 unspecified atom stereocenters. The molecule has 1 aliphatic rings. The molecule has 0 atom stereocenters. The van der Waals surface area contributed by atoms with Gasteiger partial charge in [-0.25, -0.2) is 18.1 Å². The molecule has 0 aromatic heterocycles. The van der Waals surface area contributed by atoms with Gasteiger partial charge in [0.2, 0.25) is 5.96 Å². The minimum atomic E-state index is -3.77. The zero-order chi connectivity index (χ0) is 17.6. The van der Waals surface area contributed by atoms with Crippen molar-refractivity contribution in [1.82, 2.24) is 14.9 Å². The number of benzene rings is 1. The number of nitrogens with one attached hydrogen (secondary N) is 2. The van der Waals surface area contributed by atoms with E-state index in [0.29, 0.717) is 38.0 Å². The summed E-state index contributed by atoms with van der Waals surface area (Å²) in [6.45, 7) is 2.17. The number of guanidine groups is 1. The average molecular weight is 358 g/mol. The van der Waals surface area contributed by atoms with Crippen LogP contribution in [0.3, 0.4) is 0 Å². The van der Waals surface area contributed by atoms with Gasteiger partial charge in [0, 0.05) is 19.7 Å². The fourth-order valence-corrected chi connectivity index (χ4v) is 3.09. The highest BCUT2D eigenvalue weighted by molar-refractivity contribution is 7.90. The first-order chi connectivity index (χ1) is 11.5. The second-order valence-corrected chi connectivity index (χ2v) is 6.67. The molecule has 1 aromatic carbocycles. The second-order valence-electron chi connectivity index (χ2n) is 4.99. The topological polar surface area (TPSA) is 101 Å². The summed E-state index contributed by atoms with van der Waals surface area (Å²) in [7, 11) is 0.788. The van der Waals surface area contributed by atoms with Crippen LogP contribution < -0.4 is 19.5 Å². The molecule has 0 bridgehead atoms. The molecule has 0 aliphatic carbocycles. The molecule has 0 spiro atoms. The van der Waals surface area contributed by atoms with Crippen LogP contribution in [0, 0.1) is 0 Å². The van der Waals surface area contributed by atoms with E-state index in [-0.39, 0.29) is 10.9 Å².